The third-order valence-corrected chi connectivity index (χ3v) is 5.32. The first-order valence-corrected chi connectivity index (χ1v) is 9.28. The van der Waals surface area contributed by atoms with Gasteiger partial charge in [0.25, 0.3) is 5.91 Å². The standard InChI is InChI=1S/C21H26FNO3/c1-21(2,3)19(25)16-17(13-9-11-14(22)12-10-13)23(20(26)18(16)24)15-7-5-4-6-8-15/h9-12,15,17,24H,4-8H2,1-3H3. The Balaban J connectivity index is 2.09. The summed E-state index contributed by atoms with van der Waals surface area (Å²) in [6, 6.07) is 5.17. The van der Waals surface area contributed by atoms with Crippen molar-refractivity contribution in [3.8, 4) is 0 Å². The van der Waals surface area contributed by atoms with Gasteiger partial charge in [0.2, 0.25) is 0 Å². The molecule has 4 nitrogen and oxygen atoms in total. The highest BCUT2D eigenvalue weighted by atomic mass is 19.1. The molecule has 1 saturated carbocycles. The van der Waals surface area contributed by atoms with Gasteiger partial charge in [-0.1, -0.05) is 52.2 Å². The topological polar surface area (TPSA) is 57.6 Å². The maximum absolute atomic E-state index is 13.4. The van der Waals surface area contributed by atoms with E-state index in [1.807, 2.05) is 0 Å². The average molecular weight is 359 g/mol. The largest absolute Gasteiger partial charge is 0.503 e. The zero-order valence-corrected chi connectivity index (χ0v) is 15.6. The van der Waals surface area contributed by atoms with Crippen LogP contribution in [0.2, 0.25) is 0 Å². The minimum Gasteiger partial charge on any atom is -0.503 e. The quantitative estimate of drug-likeness (QED) is 0.866. The molecule has 26 heavy (non-hydrogen) atoms. The fourth-order valence-electron chi connectivity index (χ4n) is 3.97. The van der Waals surface area contributed by atoms with E-state index in [0.29, 0.717) is 5.56 Å². The van der Waals surface area contributed by atoms with E-state index in [2.05, 4.69) is 0 Å². The summed E-state index contributed by atoms with van der Waals surface area (Å²) in [6.07, 6.45) is 4.89. The predicted molar refractivity (Wildman–Crippen MR) is 97.0 cm³/mol. The normalized spacial score (nSPS) is 22.2. The second kappa shape index (κ2) is 6.86. The number of carbonyl (C=O) groups is 2. The van der Waals surface area contributed by atoms with Gasteiger partial charge in [0.1, 0.15) is 5.82 Å². The molecule has 5 heteroatoms. The molecule has 1 N–H and O–H groups in total. The molecule has 0 aromatic heterocycles. The molecular formula is C21H26FNO3. The number of Topliss-reactive ketones (excluding diaryl/α,β-unsaturated/α-hetero) is 1. The highest BCUT2D eigenvalue weighted by Crippen LogP contribution is 2.44. The molecule has 2 aliphatic rings. The molecule has 1 aromatic rings. The van der Waals surface area contributed by atoms with Crippen LogP contribution in [-0.2, 0) is 9.59 Å². The van der Waals surface area contributed by atoms with E-state index in [1.54, 1.807) is 37.8 Å². The van der Waals surface area contributed by atoms with Crippen LogP contribution in [0, 0.1) is 11.2 Å². The number of aliphatic hydroxyl groups is 1. The molecule has 1 fully saturated rings. The fraction of sp³-hybridized carbons (Fsp3) is 0.524. The van der Waals surface area contributed by atoms with Crippen LogP contribution in [0.15, 0.2) is 35.6 Å². The highest BCUT2D eigenvalue weighted by Gasteiger charge is 2.48. The van der Waals surface area contributed by atoms with Gasteiger partial charge in [0.05, 0.1) is 11.6 Å². The maximum Gasteiger partial charge on any atom is 0.290 e. The van der Waals surface area contributed by atoms with Crippen LogP contribution in [0.3, 0.4) is 0 Å². The van der Waals surface area contributed by atoms with Gasteiger partial charge in [-0.05, 0) is 30.5 Å². The van der Waals surface area contributed by atoms with Crippen LogP contribution in [-0.4, -0.2) is 27.7 Å². The molecule has 3 rings (SSSR count). The molecule has 1 atom stereocenters. The summed E-state index contributed by atoms with van der Waals surface area (Å²) >= 11 is 0. The van der Waals surface area contributed by atoms with Crippen LogP contribution < -0.4 is 0 Å². The monoisotopic (exact) mass is 359 g/mol. The van der Waals surface area contributed by atoms with Gasteiger partial charge in [-0.3, -0.25) is 9.59 Å². The van der Waals surface area contributed by atoms with Crippen LogP contribution in [0.25, 0.3) is 0 Å². The van der Waals surface area contributed by atoms with E-state index < -0.39 is 23.1 Å². The Morgan fingerprint density at radius 3 is 2.23 bits per heavy atom. The lowest BCUT2D eigenvalue weighted by molar-refractivity contribution is -0.132. The van der Waals surface area contributed by atoms with Crippen molar-refractivity contribution in [2.24, 2.45) is 5.41 Å². The molecule has 0 saturated heterocycles. The number of ketones is 1. The Kier molecular flexibility index (Phi) is 4.91. The Hall–Kier alpha value is -2.17. The summed E-state index contributed by atoms with van der Waals surface area (Å²) in [5.74, 6) is -1.57. The zero-order chi connectivity index (χ0) is 19.1. The van der Waals surface area contributed by atoms with Gasteiger partial charge in [-0.25, -0.2) is 4.39 Å². The Morgan fingerprint density at radius 2 is 1.69 bits per heavy atom. The summed E-state index contributed by atoms with van der Waals surface area (Å²) < 4.78 is 13.4. The number of hydrogen-bond donors (Lipinski definition) is 1. The zero-order valence-electron chi connectivity index (χ0n) is 15.6. The van der Waals surface area contributed by atoms with Gasteiger partial charge in [0.15, 0.2) is 11.5 Å². The van der Waals surface area contributed by atoms with Crippen molar-refractivity contribution in [2.45, 2.75) is 65.0 Å². The minimum absolute atomic E-state index is 0.0151. The lowest BCUT2D eigenvalue weighted by Crippen LogP contribution is -2.41. The van der Waals surface area contributed by atoms with Gasteiger partial charge in [-0.15, -0.1) is 0 Å². The van der Waals surface area contributed by atoms with Gasteiger partial charge in [0, 0.05) is 11.5 Å². The number of halogens is 1. The summed E-state index contributed by atoms with van der Waals surface area (Å²) in [5, 5.41) is 10.6. The summed E-state index contributed by atoms with van der Waals surface area (Å²) in [7, 11) is 0. The lowest BCUT2D eigenvalue weighted by atomic mass is 9.81. The molecule has 0 radical (unpaired) electrons. The molecule has 1 heterocycles. The van der Waals surface area contributed by atoms with Crippen molar-refractivity contribution in [2.75, 3.05) is 0 Å². The third kappa shape index (κ3) is 3.27. The molecule has 1 amide bonds. The van der Waals surface area contributed by atoms with Crippen molar-refractivity contribution in [1.29, 1.82) is 0 Å². The Morgan fingerprint density at radius 1 is 1.12 bits per heavy atom. The van der Waals surface area contributed by atoms with E-state index in [1.165, 1.54) is 12.1 Å². The first kappa shape index (κ1) is 18.6. The average Bonchev–Trinajstić information content (AvgIpc) is 2.86. The Bertz CT molecular complexity index is 740. The maximum atomic E-state index is 13.4. The number of rotatable bonds is 3. The molecule has 1 unspecified atom stereocenters. The lowest BCUT2D eigenvalue weighted by Gasteiger charge is -2.37. The van der Waals surface area contributed by atoms with E-state index in [-0.39, 0.29) is 23.2 Å². The van der Waals surface area contributed by atoms with Crippen LogP contribution in [0.4, 0.5) is 4.39 Å². The van der Waals surface area contributed by atoms with E-state index in [9.17, 15) is 19.1 Å². The van der Waals surface area contributed by atoms with E-state index in [0.717, 1.165) is 32.1 Å². The van der Waals surface area contributed by atoms with Gasteiger partial charge >= 0.3 is 0 Å². The summed E-state index contributed by atoms with van der Waals surface area (Å²) in [4.78, 5) is 27.6. The second-order valence-electron chi connectivity index (χ2n) is 8.30. The van der Waals surface area contributed by atoms with Gasteiger partial charge in [-0.2, -0.15) is 0 Å². The van der Waals surface area contributed by atoms with Crippen molar-refractivity contribution < 1.29 is 19.1 Å². The number of carbonyl (C=O) groups excluding carboxylic acids is 2. The number of hydrogen-bond acceptors (Lipinski definition) is 3. The van der Waals surface area contributed by atoms with Crippen LogP contribution in [0.5, 0.6) is 0 Å². The smallest absolute Gasteiger partial charge is 0.290 e. The third-order valence-electron chi connectivity index (χ3n) is 5.32. The second-order valence-corrected chi connectivity index (χ2v) is 8.30. The number of nitrogens with zero attached hydrogens (tertiary/aromatic N) is 1. The van der Waals surface area contributed by atoms with E-state index >= 15 is 0 Å². The SMILES string of the molecule is CC(C)(C)C(=O)C1=C(O)C(=O)N(C2CCCCC2)C1c1ccc(F)cc1. The molecule has 1 aromatic carbocycles. The molecule has 1 aliphatic carbocycles. The fourth-order valence-corrected chi connectivity index (χ4v) is 3.97. The van der Waals surface area contributed by atoms with Crippen LogP contribution in [0.1, 0.15) is 64.5 Å². The van der Waals surface area contributed by atoms with Crippen molar-refractivity contribution in [1.82, 2.24) is 4.90 Å². The summed E-state index contributed by atoms with van der Waals surface area (Å²) in [5.41, 5.74) is 0.0615. The predicted octanol–water partition coefficient (Wildman–Crippen LogP) is 4.47. The Labute approximate surface area is 153 Å². The van der Waals surface area contributed by atoms with Crippen LogP contribution >= 0.6 is 0 Å². The summed E-state index contributed by atoms with van der Waals surface area (Å²) in [6.45, 7) is 5.31. The van der Waals surface area contributed by atoms with Crippen molar-refractivity contribution >= 4 is 11.7 Å². The number of benzene rings is 1. The molecule has 0 bridgehead atoms. The molecule has 140 valence electrons. The molecule has 0 spiro atoms. The number of amides is 1. The first-order valence-electron chi connectivity index (χ1n) is 9.28. The van der Waals surface area contributed by atoms with Crippen molar-refractivity contribution in [3.63, 3.8) is 0 Å². The highest BCUT2D eigenvalue weighted by molar-refractivity contribution is 6.10. The minimum atomic E-state index is -0.732. The molecule has 1 aliphatic heterocycles. The van der Waals surface area contributed by atoms with Gasteiger partial charge < -0.3 is 10.0 Å². The first-order chi connectivity index (χ1) is 12.2. The molecular weight excluding hydrogens is 333 g/mol. The number of aliphatic hydroxyl groups excluding tert-OH is 1. The van der Waals surface area contributed by atoms with Crippen molar-refractivity contribution in [3.05, 3.63) is 47.0 Å². The van der Waals surface area contributed by atoms with E-state index in [4.69, 9.17) is 0 Å².